The first-order valence-corrected chi connectivity index (χ1v) is 8.65. The SMILES string of the molecule is O=C(O)C1(Cc2cc(Oc3ccc(Cl)cc3)cs2)CCOCC1. The first kappa shape index (κ1) is 16.3. The van der Waals surface area contributed by atoms with E-state index < -0.39 is 11.4 Å². The number of halogens is 1. The molecule has 0 aliphatic carbocycles. The number of hydrogen-bond acceptors (Lipinski definition) is 4. The summed E-state index contributed by atoms with van der Waals surface area (Å²) in [5, 5.41) is 12.2. The first-order valence-electron chi connectivity index (χ1n) is 7.39. The molecule has 2 heterocycles. The highest BCUT2D eigenvalue weighted by Crippen LogP contribution is 2.38. The van der Waals surface area contributed by atoms with Crippen LogP contribution in [0.15, 0.2) is 35.7 Å². The lowest BCUT2D eigenvalue weighted by Crippen LogP contribution is -2.38. The molecule has 0 radical (unpaired) electrons. The highest BCUT2D eigenvalue weighted by atomic mass is 35.5. The van der Waals surface area contributed by atoms with Gasteiger partial charge in [-0.1, -0.05) is 11.6 Å². The fourth-order valence-corrected chi connectivity index (χ4v) is 3.76. The minimum atomic E-state index is -0.741. The Morgan fingerprint density at radius 3 is 2.61 bits per heavy atom. The van der Waals surface area contributed by atoms with Crippen molar-refractivity contribution in [3.05, 3.63) is 45.6 Å². The molecule has 0 saturated carbocycles. The quantitative estimate of drug-likeness (QED) is 0.853. The van der Waals surface area contributed by atoms with Gasteiger partial charge in [0.25, 0.3) is 0 Å². The molecule has 4 nitrogen and oxygen atoms in total. The molecule has 1 N–H and O–H groups in total. The lowest BCUT2D eigenvalue weighted by Gasteiger charge is -2.32. The number of rotatable bonds is 5. The molecular weight excluding hydrogens is 336 g/mol. The maximum absolute atomic E-state index is 11.7. The monoisotopic (exact) mass is 352 g/mol. The van der Waals surface area contributed by atoms with Crippen LogP contribution in [0, 0.1) is 5.41 Å². The maximum Gasteiger partial charge on any atom is 0.310 e. The Bertz CT molecular complexity index is 674. The summed E-state index contributed by atoms with van der Waals surface area (Å²) in [5.74, 6) is 0.687. The predicted molar refractivity (Wildman–Crippen MR) is 89.7 cm³/mol. The topological polar surface area (TPSA) is 55.8 Å². The molecule has 23 heavy (non-hydrogen) atoms. The highest BCUT2D eigenvalue weighted by molar-refractivity contribution is 7.10. The van der Waals surface area contributed by atoms with E-state index in [-0.39, 0.29) is 0 Å². The Morgan fingerprint density at radius 2 is 1.96 bits per heavy atom. The van der Waals surface area contributed by atoms with Gasteiger partial charge in [-0.2, -0.15) is 0 Å². The van der Waals surface area contributed by atoms with Gasteiger partial charge in [0.2, 0.25) is 0 Å². The largest absolute Gasteiger partial charge is 0.481 e. The number of benzene rings is 1. The fourth-order valence-electron chi connectivity index (χ4n) is 2.71. The second-order valence-electron chi connectivity index (χ2n) is 5.68. The van der Waals surface area contributed by atoms with Gasteiger partial charge < -0.3 is 14.6 Å². The van der Waals surface area contributed by atoms with Crippen LogP contribution in [0.2, 0.25) is 5.02 Å². The molecule has 1 aliphatic rings. The molecule has 0 spiro atoms. The van der Waals surface area contributed by atoms with E-state index in [1.807, 2.05) is 11.4 Å². The average molecular weight is 353 g/mol. The van der Waals surface area contributed by atoms with Crippen molar-refractivity contribution >= 4 is 28.9 Å². The number of aliphatic carboxylic acids is 1. The molecule has 1 aromatic heterocycles. The van der Waals surface area contributed by atoms with E-state index in [2.05, 4.69) is 0 Å². The summed E-state index contributed by atoms with van der Waals surface area (Å²) in [7, 11) is 0. The third-order valence-electron chi connectivity index (χ3n) is 4.10. The highest BCUT2D eigenvalue weighted by Gasteiger charge is 2.40. The van der Waals surface area contributed by atoms with Gasteiger partial charge in [0.05, 0.1) is 5.41 Å². The Labute approximate surface area is 143 Å². The average Bonchev–Trinajstić information content (AvgIpc) is 2.97. The van der Waals surface area contributed by atoms with Crippen molar-refractivity contribution in [3.8, 4) is 11.5 Å². The van der Waals surface area contributed by atoms with Crippen LogP contribution in [0.5, 0.6) is 11.5 Å². The molecule has 6 heteroatoms. The molecular formula is C17H17ClO4S. The van der Waals surface area contributed by atoms with E-state index >= 15 is 0 Å². The smallest absolute Gasteiger partial charge is 0.310 e. The van der Waals surface area contributed by atoms with Crippen molar-refractivity contribution in [2.24, 2.45) is 5.41 Å². The van der Waals surface area contributed by atoms with Crippen molar-refractivity contribution < 1.29 is 19.4 Å². The molecule has 122 valence electrons. The van der Waals surface area contributed by atoms with Crippen molar-refractivity contribution in [3.63, 3.8) is 0 Å². The van der Waals surface area contributed by atoms with Gasteiger partial charge in [0, 0.05) is 28.5 Å². The number of carboxylic acid groups (broad SMARTS) is 1. The third-order valence-corrected chi connectivity index (χ3v) is 5.26. The zero-order chi connectivity index (χ0) is 16.3. The molecule has 3 rings (SSSR count). The van der Waals surface area contributed by atoms with Crippen LogP contribution in [0.25, 0.3) is 0 Å². The summed E-state index contributed by atoms with van der Waals surface area (Å²) in [6.07, 6.45) is 1.61. The third kappa shape index (κ3) is 3.86. The number of carbonyl (C=O) groups is 1. The van der Waals surface area contributed by atoms with Gasteiger partial charge >= 0.3 is 5.97 Å². The lowest BCUT2D eigenvalue weighted by molar-refractivity contribution is -0.154. The van der Waals surface area contributed by atoms with Crippen LogP contribution in [0.4, 0.5) is 0 Å². The van der Waals surface area contributed by atoms with E-state index in [1.54, 1.807) is 24.3 Å². The predicted octanol–water partition coefficient (Wildman–Crippen LogP) is 4.62. The summed E-state index contributed by atoms with van der Waals surface area (Å²) in [6.45, 7) is 1.01. The standard InChI is InChI=1S/C17H17ClO4S/c18-12-1-3-13(4-2-12)22-14-9-15(23-11-14)10-17(16(19)20)5-7-21-8-6-17/h1-4,9,11H,5-8,10H2,(H,19,20). The molecule has 1 aliphatic heterocycles. The molecule has 2 aromatic rings. The van der Waals surface area contributed by atoms with E-state index in [0.29, 0.717) is 43.2 Å². The summed E-state index contributed by atoms with van der Waals surface area (Å²) in [6, 6.07) is 9.06. The van der Waals surface area contributed by atoms with Crippen molar-refractivity contribution in [1.29, 1.82) is 0 Å². The van der Waals surface area contributed by atoms with Gasteiger partial charge in [0.15, 0.2) is 0 Å². The number of carboxylic acids is 1. The molecule has 1 saturated heterocycles. The van der Waals surface area contributed by atoms with Crippen LogP contribution in [-0.2, 0) is 16.0 Å². The van der Waals surface area contributed by atoms with Crippen molar-refractivity contribution in [2.45, 2.75) is 19.3 Å². The van der Waals surface area contributed by atoms with Gasteiger partial charge in [0.1, 0.15) is 11.5 Å². The molecule has 0 amide bonds. The second-order valence-corrected chi connectivity index (χ2v) is 7.11. The van der Waals surface area contributed by atoms with Crippen LogP contribution in [0.3, 0.4) is 0 Å². The Balaban J connectivity index is 1.71. The zero-order valence-corrected chi connectivity index (χ0v) is 14.0. The minimum absolute atomic E-state index is 0.506. The molecule has 1 aromatic carbocycles. The fraction of sp³-hybridized carbons (Fsp3) is 0.353. The van der Waals surface area contributed by atoms with Gasteiger partial charge in [-0.3, -0.25) is 4.79 Å². The van der Waals surface area contributed by atoms with Gasteiger partial charge in [-0.15, -0.1) is 11.3 Å². The van der Waals surface area contributed by atoms with E-state index in [0.717, 1.165) is 10.6 Å². The van der Waals surface area contributed by atoms with Crippen LogP contribution >= 0.6 is 22.9 Å². The lowest BCUT2D eigenvalue weighted by atomic mass is 9.77. The number of hydrogen-bond donors (Lipinski definition) is 1. The molecule has 0 bridgehead atoms. The van der Waals surface area contributed by atoms with Gasteiger partial charge in [-0.25, -0.2) is 0 Å². The second kappa shape index (κ2) is 6.91. The maximum atomic E-state index is 11.7. The summed E-state index contributed by atoms with van der Waals surface area (Å²) < 4.78 is 11.1. The minimum Gasteiger partial charge on any atom is -0.481 e. The summed E-state index contributed by atoms with van der Waals surface area (Å²) in [5.41, 5.74) is -0.722. The Kier molecular flexibility index (Phi) is 4.90. The van der Waals surface area contributed by atoms with Gasteiger partial charge in [-0.05, 0) is 49.6 Å². The number of thiophene rings is 1. The van der Waals surface area contributed by atoms with E-state index in [1.165, 1.54) is 11.3 Å². The van der Waals surface area contributed by atoms with E-state index in [4.69, 9.17) is 21.1 Å². The molecule has 1 fully saturated rings. The molecule has 0 atom stereocenters. The van der Waals surface area contributed by atoms with Crippen molar-refractivity contribution in [2.75, 3.05) is 13.2 Å². The number of ether oxygens (including phenoxy) is 2. The van der Waals surface area contributed by atoms with Crippen molar-refractivity contribution in [1.82, 2.24) is 0 Å². The van der Waals surface area contributed by atoms with Crippen LogP contribution in [0.1, 0.15) is 17.7 Å². The summed E-state index contributed by atoms with van der Waals surface area (Å²) >= 11 is 7.38. The normalized spacial score (nSPS) is 16.9. The van der Waals surface area contributed by atoms with Crippen LogP contribution < -0.4 is 4.74 Å². The zero-order valence-electron chi connectivity index (χ0n) is 12.5. The van der Waals surface area contributed by atoms with Crippen LogP contribution in [-0.4, -0.2) is 24.3 Å². The Morgan fingerprint density at radius 1 is 1.26 bits per heavy atom. The Hall–Kier alpha value is -1.56. The molecule has 0 unspecified atom stereocenters. The first-order chi connectivity index (χ1) is 11.1. The summed E-state index contributed by atoms with van der Waals surface area (Å²) in [4.78, 5) is 12.7. The van der Waals surface area contributed by atoms with E-state index in [9.17, 15) is 9.90 Å².